The fourth-order valence-corrected chi connectivity index (χ4v) is 6.11. The average molecular weight is 593 g/mol. The Morgan fingerprint density at radius 3 is 1.48 bits per heavy atom. The first-order chi connectivity index (χ1) is 20.4. The summed E-state index contributed by atoms with van der Waals surface area (Å²) in [5.74, 6) is 0.317. The molecule has 0 radical (unpaired) electrons. The summed E-state index contributed by atoms with van der Waals surface area (Å²) in [5.41, 5.74) is 9.39. The molecule has 4 N–H and O–H groups in total. The second kappa shape index (κ2) is 12.1. The molecule has 8 nitrogen and oxygen atoms in total. The number of anilines is 2. The number of aromatic nitrogens is 4. The number of benzene rings is 4. The quantitative estimate of drug-likeness (QED) is 0.132. The number of nitrogens with zero attached hydrogens (tertiary/aromatic N) is 2. The molecular weight excluding hydrogens is 565 g/mol. The highest BCUT2D eigenvalue weighted by Crippen LogP contribution is 2.31. The Hall–Kier alpha value is -4.54. The number of carbonyl (C=O) groups excluding carboxylic acids is 2. The second-order valence-corrected chi connectivity index (χ2v) is 11.8. The van der Waals surface area contributed by atoms with Crippen LogP contribution >= 0.6 is 23.5 Å². The zero-order valence-electron chi connectivity index (χ0n) is 23.0. The third-order valence-electron chi connectivity index (χ3n) is 6.73. The van der Waals surface area contributed by atoms with Crippen molar-refractivity contribution in [2.75, 3.05) is 22.1 Å². The average Bonchev–Trinajstić information content (AvgIpc) is 3.59. The molecule has 0 saturated heterocycles. The molecule has 2 heterocycles. The summed E-state index contributed by atoms with van der Waals surface area (Å²) in [4.78, 5) is 40.7. The lowest BCUT2D eigenvalue weighted by atomic mass is 9.96. The van der Waals surface area contributed by atoms with Crippen molar-refractivity contribution in [3.05, 3.63) is 96.1 Å². The number of aromatic amines is 2. The van der Waals surface area contributed by atoms with E-state index in [-0.39, 0.29) is 23.3 Å². The smallest absolute Gasteiger partial charge is 0.234 e. The number of para-hydroxylation sites is 4. The van der Waals surface area contributed by atoms with Crippen molar-refractivity contribution >= 4 is 68.8 Å². The van der Waals surface area contributed by atoms with Crippen LogP contribution in [-0.4, -0.2) is 43.3 Å². The van der Waals surface area contributed by atoms with Gasteiger partial charge in [0.2, 0.25) is 11.8 Å². The molecule has 0 atom stereocenters. The van der Waals surface area contributed by atoms with Crippen molar-refractivity contribution in [1.29, 1.82) is 0 Å². The van der Waals surface area contributed by atoms with Gasteiger partial charge in [-0.1, -0.05) is 59.9 Å². The van der Waals surface area contributed by atoms with Crippen LogP contribution in [0.3, 0.4) is 0 Å². The molecule has 0 spiro atoms. The van der Waals surface area contributed by atoms with Crippen LogP contribution in [-0.2, 0) is 9.59 Å². The van der Waals surface area contributed by atoms with Crippen LogP contribution in [0.4, 0.5) is 11.4 Å². The van der Waals surface area contributed by atoms with Gasteiger partial charge in [0.05, 0.1) is 33.6 Å². The molecule has 2 aromatic heterocycles. The van der Waals surface area contributed by atoms with E-state index >= 15 is 0 Å². The first-order valence-electron chi connectivity index (χ1n) is 13.4. The van der Waals surface area contributed by atoms with Gasteiger partial charge >= 0.3 is 0 Å². The largest absolute Gasteiger partial charge is 0.333 e. The Morgan fingerprint density at radius 1 is 0.643 bits per heavy atom. The lowest BCUT2D eigenvalue weighted by Crippen LogP contribution is -2.14. The SMILES string of the molecule is Cc1cc(NC(=O)CSc2nc3ccccc3[nH]2)ccc1-c1ccc(NC(=O)CSc2nc3ccccc3[nH]2)cc1C. The van der Waals surface area contributed by atoms with Crippen LogP contribution < -0.4 is 10.6 Å². The van der Waals surface area contributed by atoms with Gasteiger partial charge in [-0.3, -0.25) is 9.59 Å². The molecular formula is C32H28N6O2S2. The van der Waals surface area contributed by atoms with Gasteiger partial charge < -0.3 is 20.6 Å². The number of H-pyrrole nitrogens is 2. The van der Waals surface area contributed by atoms with Crippen LogP contribution in [0.1, 0.15) is 11.1 Å². The van der Waals surface area contributed by atoms with Crippen LogP contribution in [0.5, 0.6) is 0 Å². The summed E-state index contributed by atoms with van der Waals surface area (Å²) in [6.45, 7) is 4.05. The summed E-state index contributed by atoms with van der Waals surface area (Å²) < 4.78 is 0. The van der Waals surface area contributed by atoms with E-state index in [2.05, 4.69) is 30.6 Å². The molecule has 0 bridgehead atoms. The standard InChI is InChI=1S/C32H28N6O2S2/c1-19-15-21(33-29(39)17-41-31-35-25-7-3-4-8-26(25)36-31)11-13-23(19)24-14-12-22(16-20(24)2)34-30(40)18-42-32-37-27-9-5-6-10-28(27)38-32/h3-16H,17-18H2,1-2H3,(H,33,39)(H,34,40)(H,35,36)(H,37,38). The van der Waals surface area contributed by atoms with E-state index in [1.54, 1.807) is 0 Å². The van der Waals surface area contributed by atoms with E-state index < -0.39 is 0 Å². The van der Waals surface area contributed by atoms with Crippen LogP contribution in [0.15, 0.2) is 95.2 Å². The number of carbonyl (C=O) groups is 2. The maximum atomic E-state index is 12.6. The Labute approximate surface area is 251 Å². The van der Waals surface area contributed by atoms with Crippen molar-refractivity contribution in [1.82, 2.24) is 19.9 Å². The van der Waals surface area contributed by atoms with Gasteiger partial charge in [0, 0.05) is 11.4 Å². The molecule has 0 aliphatic rings. The normalized spacial score (nSPS) is 11.2. The highest BCUT2D eigenvalue weighted by molar-refractivity contribution is 8.00. The van der Waals surface area contributed by atoms with E-state index in [4.69, 9.17) is 0 Å². The fourth-order valence-electron chi connectivity index (χ4n) is 4.74. The predicted molar refractivity (Wildman–Crippen MR) is 172 cm³/mol. The molecule has 2 amide bonds. The molecule has 0 fully saturated rings. The number of thioether (sulfide) groups is 2. The van der Waals surface area contributed by atoms with Crippen molar-refractivity contribution in [3.8, 4) is 11.1 Å². The van der Waals surface area contributed by atoms with Crippen LogP contribution in [0, 0.1) is 13.8 Å². The molecule has 6 rings (SSSR count). The Balaban J connectivity index is 1.04. The summed E-state index contributed by atoms with van der Waals surface area (Å²) in [5, 5.41) is 7.41. The van der Waals surface area contributed by atoms with Gasteiger partial charge in [-0.25, -0.2) is 9.97 Å². The molecule has 210 valence electrons. The van der Waals surface area contributed by atoms with E-state index in [0.717, 1.165) is 66.0 Å². The van der Waals surface area contributed by atoms with Crippen molar-refractivity contribution < 1.29 is 9.59 Å². The number of amides is 2. The summed E-state index contributed by atoms with van der Waals surface area (Å²) >= 11 is 2.75. The first kappa shape index (κ1) is 27.6. The van der Waals surface area contributed by atoms with Gasteiger partial charge in [0.25, 0.3) is 0 Å². The lowest BCUT2D eigenvalue weighted by Gasteiger charge is -2.14. The molecule has 0 saturated carbocycles. The van der Waals surface area contributed by atoms with Gasteiger partial charge in [-0.15, -0.1) is 0 Å². The fraction of sp³-hybridized carbons (Fsp3) is 0.125. The third-order valence-corrected chi connectivity index (χ3v) is 8.47. The predicted octanol–water partition coefficient (Wildman–Crippen LogP) is 7.18. The van der Waals surface area contributed by atoms with Gasteiger partial charge in [-0.05, 0) is 84.6 Å². The number of hydrogen-bond acceptors (Lipinski definition) is 6. The van der Waals surface area contributed by atoms with E-state index in [0.29, 0.717) is 0 Å². The van der Waals surface area contributed by atoms with Crippen molar-refractivity contribution in [2.24, 2.45) is 0 Å². The number of hydrogen-bond donors (Lipinski definition) is 4. The molecule has 6 aromatic rings. The molecule has 10 heteroatoms. The van der Waals surface area contributed by atoms with Gasteiger partial charge in [0.15, 0.2) is 10.3 Å². The summed E-state index contributed by atoms with van der Waals surface area (Å²) in [6.07, 6.45) is 0. The maximum absolute atomic E-state index is 12.6. The Morgan fingerprint density at radius 2 is 1.07 bits per heavy atom. The lowest BCUT2D eigenvalue weighted by molar-refractivity contribution is -0.114. The van der Waals surface area contributed by atoms with E-state index in [1.807, 2.05) is 98.8 Å². The zero-order chi connectivity index (χ0) is 29.1. The first-order valence-corrected chi connectivity index (χ1v) is 15.3. The minimum absolute atomic E-state index is 0.0950. The number of nitrogens with one attached hydrogen (secondary N) is 4. The molecule has 0 aliphatic heterocycles. The monoisotopic (exact) mass is 592 g/mol. The summed E-state index contributed by atoms with van der Waals surface area (Å²) in [6, 6.07) is 27.4. The summed E-state index contributed by atoms with van der Waals surface area (Å²) in [7, 11) is 0. The van der Waals surface area contributed by atoms with Gasteiger partial charge in [0.1, 0.15) is 0 Å². The number of aryl methyl sites for hydroxylation is 2. The minimum Gasteiger partial charge on any atom is -0.333 e. The van der Waals surface area contributed by atoms with Gasteiger partial charge in [-0.2, -0.15) is 0 Å². The molecule has 0 aliphatic carbocycles. The zero-order valence-corrected chi connectivity index (χ0v) is 24.7. The Bertz CT molecular complexity index is 1720. The van der Waals surface area contributed by atoms with Crippen LogP contribution in [0.2, 0.25) is 0 Å². The second-order valence-electron chi connectivity index (χ2n) is 9.85. The van der Waals surface area contributed by atoms with E-state index in [9.17, 15) is 9.59 Å². The highest BCUT2D eigenvalue weighted by Gasteiger charge is 2.12. The molecule has 42 heavy (non-hydrogen) atoms. The third kappa shape index (κ3) is 6.35. The highest BCUT2D eigenvalue weighted by atomic mass is 32.2. The number of fused-ring (bicyclic) bond motifs is 2. The van der Waals surface area contributed by atoms with Crippen molar-refractivity contribution in [2.45, 2.75) is 24.2 Å². The van der Waals surface area contributed by atoms with Crippen LogP contribution in [0.25, 0.3) is 33.2 Å². The minimum atomic E-state index is -0.0950. The molecule has 4 aromatic carbocycles. The number of rotatable bonds is 9. The number of imidazole rings is 2. The maximum Gasteiger partial charge on any atom is 0.234 e. The Kier molecular flexibility index (Phi) is 7.98. The molecule has 0 unspecified atom stereocenters. The topological polar surface area (TPSA) is 116 Å². The van der Waals surface area contributed by atoms with Crippen molar-refractivity contribution in [3.63, 3.8) is 0 Å². The van der Waals surface area contributed by atoms with E-state index in [1.165, 1.54) is 23.5 Å².